The summed E-state index contributed by atoms with van der Waals surface area (Å²) in [5, 5.41) is 8.91. The highest BCUT2D eigenvalue weighted by Crippen LogP contribution is 2.35. The van der Waals surface area contributed by atoms with E-state index < -0.39 is 38.2 Å². The van der Waals surface area contributed by atoms with E-state index in [1.54, 1.807) is 0 Å². The molecule has 146 valence electrons. The summed E-state index contributed by atoms with van der Waals surface area (Å²) >= 11 is 0. The molecule has 26 heavy (non-hydrogen) atoms. The van der Waals surface area contributed by atoms with Gasteiger partial charge in [0.2, 0.25) is 10.0 Å². The van der Waals surface area contributed by atoms with Crippen LogP contribution in [0, 0.1) is 5.92 Å². The standard InChI is InChI=1S/C16H21F3N2O4S/c1-3-20(2)9-11-6-7-21(10-11)26(24,25)12-4-5-13(15(22)23)14(8-12)16(17,18)19/h4-5,8,11H,3,6-7,9-10H2,1-2H3,(H,22,23). The van der Waals surface area contributed by atoms with Crippen LogP contribution in [0.2, 0.25) is 0 Å². The minimum Gasteiger partial charge on any atom is -0.478 e. The molecule has 2 rings (SSSR count). The van der Waals surface area contributed by atoms with Crippen LogP contribution in [0.1, 0.15) is 29.3 Å². The van der Waals surface area contributed by atoms with E-state index in [0.717, 1.165) is 16.9 Å². The molecule has 1 aromatic rings. The maximum absolute atomic E-state index is 13.1. The van der Waals surface area contributed by atoms with Gasteiger partial charge in [-0.2, -0.15) is 17.5 Å². The summed E-state index contributed by atoms with van der Waals surface area (Å²) in [7, 11) is -2.20. The summed E-state index contributed by atoms with van der Waals surface area (Å²) in [4.78, 5) is 12.5. The molecule has 1 unspecified atom stereocenters. The van der Waals surface area contributed by atoms with Crippen molar-refractivity contribution in [2.45, 2.75) is 24.4 Å². The quantitative estimate of drug-likeness (QED) is 0.802. The minimum atomic E-state index is -4.96. The number of nitrogens with zero attached hydrogens (tertiary/aromatic N) is 2. The molecule has 0 bridgehead atoms. The number of aromatic carboxylic acids is 1. The number of carboxylic acid groups (broad SMARTS) is 1. The number of hydrogen-bond acceptors (Lipinski definition) is 4. The third kappa shape index (κ3) is 4.36. The molecule has 1 aliphatic heterocycles. The molecule has 0 radical (unpaired) electrons. The summed E-state index contributed by atoms with van der Waals surface area (Å²) in [6, 6.07) is 2.01. The fraction of sp³-hybridized carbons (Fsp3) is 0.562. The van der Waals surface area contributed by atoms with Crippen LogP contribution in [-0.2, 0) is 16.2 Å². The number of alkyl halides is 3. The number of carbonyl (C=O) groups is 1. The lowest BCUT2D eigenvalue weighted by Gasteiger charge is -2.20. The molecule has 6 nitrogen and oxygen atoms in total. The molecule has 0 amide bonds. The number of rotatable bonds is 6. The van der Waals surface area contributed by atoms with Crippen LogP contribution in [0.3, 0.4) is 0 Å². The first-order chi connectivity index (χ1) is 12.0. The lowest BCUT2D eigenvalue weighted by molar-refractivity contribution is -0.138. The van der Waals surface area contributed by atoms with E-state index in [0.29, 0.717) is 25.1 Å². The van der Waals surface area contributed by atoms with Crippen molar-refractivity contribution in [3.8, 4) is 0 Å². The Morgan fingerprint density at radius 2 is 2.04 bits per heavy atom. The molecule has 1 N–H and O–H groups in total. The van der Waals surface area contributed by atoms with Crippen molar-refractivity contribution < 1.29 is 31.5 Å². The molecule has 1 atom stereocenters. The number of hydrogen-bond donors (Lipinski definition) is 1. The van der Waals surface area contributed by atoms with Crippen molar-refractivity contribution >= 4 is 16.0 Å². The second kappa shape index (κ2) is 7.53. The second-order valence-corrected chi connectivity index (χ2v) is 8.32. The Bertz CT molecular complexity index is 780. The zero-order valence-electron chi connectivity index (χ0n) is 14.5. The molecule has 10 heteroatoms. The van der Waals surface area contributed by atoms with Crippen molar-refractivity contribution in [3.63, 3.8) is 0 Å². The first-order valence-electron chi connectivity index (χ1n) is 8.10. The van der Waals surface area contributed by atoms with Gasteiger partial charge in [-0.25, -0.2) is 13.2 Å². The van der Waals surface area contributed by atoms with E-state index >= 15 is 0 Å². The van der Waals surface area contributed by atoms with Crippen molar-refractivity contribution in [3.05, 3.63) is 29.3 Å². The van der Waals surface area contributed by atoms with Crippen molar-refractivity contribution in [1.82, 2.24) is 9.21 Å². The Kier molecular flexibility index (Phi) is 5.99. The zero-order chi connectivity index (χ0) is 19.7. The fourth-order valence-corrected chi connectivity index (χ4v) is 4.55. The molecular formula is C16H21F3N2O4S. The normalized spacial score (nSPS) is 19.2. The maximum Gasteiger partial charge on any atom is 0.417 e. The number of sulfonamides is 1. The van der Waals surface area contributed by atoms with Crippen molar-refractivity contribution in [1.29, 1.82) is 0 Å². The maximum atomic E-state index is 13.1. The highest BCUT2D eigenvalue weighted by atomic mass is 32.2. The van der Waals surface area contributed by atoms with Gasteiger partial charge < -0.3 is 10.0 Å². The largest absolute Gasteiger partial charge is 0.478 e. The lowest BCUT2D eigenvalue weighted by atomic mass is 10.1. The Labute approximate surface area is 150 Å². The summed E-state index contributed by atoms with van der Waals surface area (Å²) in [5.41, 5.74) is -2.44. The first kappa shape index (κ1) is 20.7. The summed E-state index contributed by atoms with van der Waals surface area (Å²) in [6.07, 6.45) is -4.33. The van der Waals surface area contributed by atoms with Crippen LogP contribution < -0.4 is 0 Å². The molecule has 1 saturated heterocycles. The monoisotopic (exact) mass is 394 g/mol. The van der Waals surface area contributed by atoms with Gasteiger partial charge in [-0.1, -0.05) is 6.92 Å². The van der Waals surface area contributed by atoms with Crippen LogP contribution in [0.25, 0.3) is 0 Å². The van der Waals surface area contributed by atoms with Gasteiger partial charge in [0.25, 0.3) is 0 Å². The molecular weight excluding hydrogens is 373 g/mol. The number of carboxylic acids is 1. The molecule has 1 fully saturated rings. The average molecular weight is 394 g/mol. The molecule has 0 saturated carbocycles. The molecule has 1 heterocycles. The van der Waals surface area contributed by atoms with Gasteiger partial charge in [-0.15, -0.1) is 0 Å². The molecule has 0 aromatic heterocycles. The van der Waals surface area contributed by atoms with Crippen LogP contribution in [-0.4, -0.2) is 61.9 Å². The number of halogens is 3. The van der Waals surface area contributed by atoms with E-state index in [1.165, 1.54) is 0 Å². The topological polar surface area (TPSA) is 77.9 Å². The predicted molar refractivity (Wildman–Crippen MR) is 88.4 cm³/mol. The second-order valence-electron chi connectivity index (χ2n) is 6.38. The fourth-order valence-electron chi connectivity index (χ4n) is 2.99. The molecule has 0 spiro atoms. The molecule has 1 aromatic carbocycles. The van der Waals surface area contributed by atoms with Gasteiger partial charge in [0.1, 0.15) is 0 Å². The summed E-state index contributed by atoms with van der Waals surface area (Å²) in [6.45, 7) is 3.95. The van der Waals surface area contributed by atoms with Crippen LogP contribution in [0.4, 0.5) is 13.2 Å². The summed E-state index contributed by atoms with van der Waals surface area (Å²) < 4.78 is 65.9. The highest BCUT2D eigenvalue weighted by molar-refractivity contribution is 7.89. The third-order valence-corrected chi connectivity index (χ3v) is 6.38. The first-order valence-corrected chi connectivity index (χ1v) is 9.54. The number of benzene rings is 1. The summed E-state index contributed by atoms with van der Waals surface area (Å²) in [5.74, 6) is -1.65. The van der Waals surface area contributed by atoms with E-state index in [4.69, 9.17) is 5.11 Å². The smallest absolute Gasteiger partial charge is 0.417 e. The van der Waals surface area contributed by atoms with Gasteiger partial charge in [0.05, 0.1) is 16.0 Å². The Hall–Kier alpha value is -1.65. The average Bonchev–Trinajstić information content (AvgIpc) is 3.02. The van der Waals surface area contributed by atoms with Gasteiger partial charge >= 0.3 is 12.1 Å². The van der Waals surface area contributed by atoms with Gasteiger partial charge in [0, 0.05) is 19.6 Å². The zero-order valence-corrected chi connectivity index (χ0v) is 15.3. The van der Waals surface area contributed by atoms with Gasteiger partial charge in [-0.05, 0) is 44.1 Å². The Morgan fingerprint density at radius 1 is 1.38 bits per heavy atom. The molecule has 1 aliphatic rings. The van der Waals surface area contributed by atoms with Crippen LogP contribution in [0.15, 0.2) is 23.1 Å². The Balaban J connectivity index is 2.31. The highest BCUT2D eigenvalue weighted by Gasteiger charge is 2.38. The van der Waals surface area contributed by atoms with E-state index in [1.807, 2.05) is 18.9 Å². The van der Waals surface area contributed by atoms with Crippen LogP contribution >= 0.6 is 0 Å². The third-order valence-electron chi connectivity index (χ3n) is 4.52. The minimum absolute atomic E-state index is 0.107. The van der Waals surface area contributed by atoms with Gasteiger partial charge in [-0.3, -0.25) is 0 Å². The lowest BCUT2D eigenvalue weighted by Crippen LogP contribution is -2.32. The van der Waals surface area contributed by atoms with E-state index in [-0.39, 0.29) is 19.0 Å². The van der Waals surface area contributed by atoms with Crippen LogP contribution in [0.5, 0.6) is 0 Å². The van der Waals surface area contributed by atoms with Gasteiger partial charge in [0.15, 0.2) is 0 Å². The van der Waals surface area contributed by atoms with E-state index in [2.05, 4.69) is 0 Å². The SMILES string of the molecule is CCN(C)CC1CCN(S(=O)(=O)c2ccc(C(=O)O)c(C(F)(F)F)c2)C1. The predicted octanol–water partition coefficient (Wildman–Crippen LogP) is 2.37. The van der Waals surface area contributed by atoms with Crippen molar-refractivity contribution in [2.24, 2.45) is 5.92 Å². The molecule has 0 aliphatic carbocycles. The van der Waals surface area contributed by atoms with E-state index in [9.17, 15) is 26.4 Å². The van der Waals surface area contributed by atoms with Crippen molar-refractivity contribution in [2.75, 3.05) is 33.2 Å². The Morgan fingerprint density at radius 3 is 2.58 bits per heavy atom.